The second-order valence-corrected chi connectivity index (χ2v) is 10.1. The molecule has 0 aromatic heterocycles. The van der Waals surface area contributed by atoms with Crippen molar-refractivity contribution in [1.82, 2.24) is 10.6 Å². The number of carbonyl (C=O) groups excluding carboxylic acids is 2. The van der Waals surface area contributed by atoms with Crippen LogP contribution in [-0.4, -0.2) is 67.2 Å². The molecule has 3 aromatic carbocycles. The Hall–Kier alpha value is -4.69. The predicted molar refractivity (Wildman–Crippen MR) is 165 cm³/mol. The Balaban J connectivity index is 1.82. The maximum absolute atomic E-state index is 13.1. The van der Waals surface area contributed by atoms with Gasteiger partial charge in [0.25, 0.3) is 0 Å². The molecule has 3 aromatic rings. The van der Waals surface area contributed by atoms with Gasteiger partial charge in [0.2, 0.25) is 0 Å². The fraction of sp³-hybridized carbons (Fsp3) is 0.394. The number of rotatable bonds is 16. The number of esters is 2. The van der Waals surface area contributed by atoms with E-state index in [0.717, 1.165) is 12.1 Å². The van der Waals surface area contributed by atoms with E-state index >= 15 is 0 Å². The lowest BCUT2D eigenvalue weighted by atomic mass is 10.0. The molecular weight excluding hydrogens is 625 g/mol. The van der Waals surface area contributed by atoms with E-state index in [1.54, 1.807) is 43.4 Å². The van der Waals surface area contributed by atoms with E-state index in [1.807, 2.05) is 0 Å². The quantitative estimate of drug-likeness (QED) is 0.119. The molecule has 0 saturated carbocycles. The third kappa shape index (κ3) is 10.1. The molecule has 0 heterocycles. The van der Waals surface area contributed by atoms with Gasteiger partial charge in [-0.2, -0.15) is 13.2 Å². The summed E-state index contributed by atoms with van der Waals surface area (Å²) in [7, 11) is 9.13. The highest BCUT2D eigenvalue weighted by Crippen LogP contribution is 2.36. The molecule has 0 aliphatic rings. The van der Waals surface area contributed by atoms with Gasteiger partial charge in [-0.25, -0.2) is 9.59 Å². The number of nitrogens with one attached hydrogen (secondary N) is 2. The van der Waals surface area contributed by atoms with E-state index < -0.39 is 42.1 Å². The Kier molecular flexibility index (Phi) is 13.5. The molecule has 2 N–H and O–H groups in total. The number of benzene rings is 3. The summed E-state index contributed by atoms with van der Waals surface area (Å²) >= 11 is 0. The normalized spacial score (nSPS) is 13.1. The van der Waals surface area contributed by atoms with Crippen molar-refractivity contribution in [2.75, 3.05) is 49.1 Å². The van der Waals surface area contributed by atoms with Crippen LogP contribution in [0.3, 0.4) is 0 Å². The lowest BCUT2D eigenvalue weighted by molar-refractivity contribution is -0.176. The SMILES string of the molecule is CNCCC(OC(=O)C(=O)OC(CC(Oc1ccc(C(F)(F)F)cc1)c1ccc(OC)c(OC)c1)NC)c1ccc(OC)c(OC)c1. The molecule has 3 atom stereocenters. The van der Waals surface area contributed by atoms with Gasteiger partial charge in [-0.15, -0.1) is 0 Å². The average Bonchev–Trinajstić information content (AvgIpc) is 3.08. The minimum atomic E-state index is -4.52. The first-order chi connectivity index (χ1) is 22.5. The molecule has 0 aliphatic carbocycles. The van der Waals surface area contributed by atoms with Crippen molar-refractivity contribution < 1.29 is 55.9 Å². The van der Waals surface area contributed by atoms with Crippen LogP contribution in [0.4, 0.5) is 13.2 Å². The number of hydrogen-bond acceptors (Lipinski definition) is 11. The van der Waals surface area contributed by atoms with Crippen LogP contribution in [0.1, 0.15) is 41.7 Å². The second-order valence-electron chi connectivity index (χ2n) is 10.1. The fourth-order valence-corrected chi connectivity index (χ4v) is 4.59. The highest BCUT2D eigenvalue weighted by Gasteiger charge is 2.31. The number of methoxy groups -OCH3 is 4. The second kappa shape index (κ2) is 17.3. The van der Waals surface area contributed by atoms with Gasteiger partial charge >= 0.3 is 18.1 Å². The first-order valence-electron chi connectivity index (χ1n) is 14.5. The predicted octanol–water partition coefficient (Wildman–Crippen LogP) is 5.23. The van der Waals surface area contributed by atoms with Crippen LogP contribution in [0.5, 0.6) is 28.7 Å². The third-order valence-corrected chi connectivity index (χ3v) is 7.09. The van der Waals surface area contributed by atoms with Gasteiger partial charge < -0.3 is 38.5 Å². The molecular formula is C33H39F3N2O9. The van der Waals surface area contributed by atoms with E-state index in [-0.39, 0.29) is 12.2 Å². The number of hydrogen-bond donors (Lipinski definition) is 2. The van der Waals surface area contributed by atoms with Crippen LogP contribution in [0.25, 0.3) is 0 Å². The fourth-order valence-electron chi connectivity index (χ4n) is 4.59. The van der Waals surface area contributed by atoms with Crippen LogP contribution in [0.15, 0.2) is 60.7 Å². The van der Waals surface area contributed by atoms with Gasteiger partial charge in [0.05, 0.1) is 34.0 Å². The third-order valence-electron chi connectivity index (χ3n) is 7.09. The standard InChI is InChI=1S/C33H39F3N2O9/c1-37-16-15-24(20-7-13-25(41-3)28(17-20)43-5)46-31(39)32(40)47-30(38-2)19-27(21-8-14-26(42-4)29(18-21)44-6)45-23-11-9-22(10-12-23)33(34,35)36/h7-14,17-18,24,27,30,37-38H,15-16,19H2,1-6H3. The molecule has 0 fully saturated rings. The van der Waals surface area contributed by atoms with Crippen molar-refractivity contribution in [2.45, 2.75) is 37.5 Å². The maximum atomic E-state index is 13.1. The lowest BCUT2D eigenvalue weighted by Gasteiger charge is -2.26. The minimum absolute atomic E-state index is 0.0646. The van der Waals surface area contributed by atoms with Gasteiger partial charge in [-0.1, -0.05) is 12.1 Å². The Morgan fingerprint density at radius 1 is 0.702 bits per heavy atom. The Bertz CT molecular complexity index is 1470. The number of halogens is 3. The summed E-state index contributed by atoms with van der Waals surface area (Å²) in [6.45, 7) is 0.467. The summed E-state index contributed by atoms with van der Waals surface area (Å²) in [5.41, 5.74) is 0.263. The Morgan fingerprint density at radius 2 is 1.21 bits per heavy atom. The van der Waals surface area contributed by atoms with E-state index in [9.17, 15) is 22.8 Å². The minimum Gasteiger partial charge on any atom is -0.493 e. The highest BCUT2D eigenvalue weighted by atomic mass is 19.4. The average molecular weight is 665 g/mol. The van der Waals surface area contributed by atoms with Crippen molar-refractivity contribution >= 4 is 11.9 Å². The first kappa shape index (κ1) is 36.8. The van der Waals surface area contributed by atoms with Gasteiger partial charge in [0.15, 0.2) is 29.2 Å². The van der Waals surface area contributed by atoms with E-state index in [4.69, 9.17) is 33.2 Å². The van der Waals surface area contributed by atoms with Crippen LogP contribution in [-0.2, 0) is 25.2 Å². The van der Waals surface area contributed by atoms with Gasteiger partial charge in [-0.3, -0.25) is 5.32 Å². The zero-order valence-corrected chi connectivity index (χ0v) is 26.9. The molecule has 0 saturated heterocycles. The molecule has 0 aliphatic heterocycles. The summed E-state index contributed by atoms with van der Waals surface area (Å²) in [5, 5.41) is 5.81. The molecule has 256 valence electrons. The summed E-state index contributed by atoms with van der Waals surface area (Å²) in [6.07, 6.45) is -7.04. The lowest BCUT2D eigenvalue weighted by Crippen LogP contribution is -2.36. The molecule has 0 spiro atoms. The van der Waals surface area contributed by atoms with E-state index in [2.05, 4.69) is 10.6 Å². The molecule has 0 radical (unpaired) electrons. The van der Waals surface area contributed by atoms with Crippen LogP contribution in [0.2, 0.25) is 0 Å². The summed E-state index contributed by atoms with van der Waals surface area (Å²) in [4.78, 5) is 26.0. The molecule has 14 heteroatoms. The Morgan fingerprint density at radius 3 is 1.68 bits per heavy atom. The highest BCUT2D eigenvalue weighted by molar-refractivity contribution is 6.29. The maximum Gasteiger partial charge on any atom is 0.419 e. The molecule has 0 amide bonds. The van der Waals surface area contributed by atoms with Crippen molar-refractivity contribution in [1.29, 1.82) is 0 Å². The van der Waals surface area contributed by atoms with Crippen molar-refractivity contribution in [3.63, 3.8) is 0 Å². The van der Waals surface area contributed by atoms with Crippen molar-refractivity contribution in [3.8, 4) is 28.7 Å². The van der Waals surface area contributed by atoms with Gasteiger partial charge in [-0.05, 0) is 80.3 Å². The van der Waals surface area contributed by atoms with Gasteiger partial charge in [0, 0.05) is 12.8 Å². The molecule has 0 bridgehead atoms. The molecule has 11 nitrogen and oxygen atoms in total. The van der Waals surface area contributed by atoms with Crippen LogP contribution in [0, 0.1) is 0 Å². The molecule has 3 unspecified atom stereocenters. The summed E-state index contributed by atoms with van der Waals surface area (Å²) < 4.78 is 77.9. The monoisotopic (exact) mass is 664 g/mol. The van der Waals surface area contributed by atoms with Crippen molar-refractivity contribution in [3.05, 3.63) is 77.4 Å². The zero-order chi connectivity index (χ0) is 34.6. The first-order valence-corrected chi connectivity index (χ1v) is 14.5. The topological polar surface area (TPSA) is 123 Å². The largest absolute Gasteiger partial charge is 0.493 e. The molecule has 47 heavy (non-hydrogen) atoms. The number of carbonyl (C=O) groups is 2. The van der Waals surface area contributed by atoms with E-state index in [1.165, 1.54) is 47.6 Å². The van der Waals surface area contributed by atoms with Crippen LogP contribution >= 0.6 is 0 Å². The van der Waals surface area contributed by atoms with Crippen LogP contribution < -0.4 is 34.3 Å². The molecule has 3 rings (SSSR count). The Labute approximate surface area is 271 Å². The van der Waals surface area contributed by atoms with Gasteiger partial charge in [0.1, 0.15) is 18.0 Å². The zero-order valence-electron chi connectivity index (χ0n) is 26.9. The number of ether oxygens (including phenoxy) is 7. The summed E-state index contributed by atoms with van der Waals surface area (Å²) in [5.74, 6) is -0.661. The van der Waals surface area contributed by atoms with Crippen molar-refractivity contribution in [2.24, 2.45) is 0 Å². The number of alkyl halides is 3. The van der Waals surface area contributed by atoms with E-state index in [0.29, 0.717) is 47.1 Å². The smallest absolute Gasteiger partial charge is 0.419 e. The summed E-state index contributed by atoms with van der Waals surface area (Å²) in [6, 6.07) is 14.1.